The highest BCUT2D eigenvalue weighted by molar-refractivity contribution is 9.10. The van der Waals surface area contributed by atoms with Crippen LogP contribution in [0.25, 0.3) is 0 Å². The van der Waals surface area contributed by atoms with Crippen LogP contribution >= 0.6 is 39.1 Å². The average Bonchev–Trinajstić information content (AvgIpc) is 2.42. The molecular weight excluding hydrogens is 367 g/mol. The number of rotatable bonds is 3. The van der Waals surface area contributed by atoms with Crippen LogP contribution in [0, 0.1) is 0 Å². The standard InChI is InChI=1S/C12H9BrCl2N4O/c13-7-4-8(14)11(9(15)5-7)18-12(20)6-1-2-17-10(3-6)19-16/h1-5H,16H2,(H,17,19)(H,18,20). The molecule has 0 saturated carbocycles. The summed E-state index contributed by atoms with van der Waals surface area (Å²) in [6.07, 6.45) is 1.47. The molecule has 1 amide bonds. The van der Waals surface area contributed by atoms with E-state index in [1.54, 1.807) is 18.2 Å². The van der Waals surface area contributed by atoms with Crippen molar-refractivity contribution < 1.29 is 4.79 Å². The Morgan fingerprint density at radius 3 is 2.50 bits per heavy atom. The van der Waals surface area contributed by atoms with Gasteiger partial charge in [0.2, 0.25) is 0 Å². The average molecular weight is 376 g/mol. The number of nitrogens with zero attached hydrogens (tertiary/aromatic N) is 1. The van der Waals surface area contributed by atoms with E-state index in [2.05, 4.69) is 31.7 Å². The van der Waals surface area contributed by atoms with Gasteiger partial charge in [-0.1, -0.05) is 39.1 Å². The number of carbonyl (C=O) groups is 1. The first-order chi connectivity index (χ1) is 9.51. The van der Waals surface area contributed by atoms with E-state index in [4.69, 9.17) is 29.0 Å². The second kappa shape index (κ2) is 6.41. The monoisotopic (exact) mass is 374 g/mol. The number of amides is 1. The fourth-order valence-electron chi connectivity index (χ4n) is 1.50. The lowest BCUT2D eigenvalue weighted by atomic mass is 10.2. The van der Waals surface area contributed by atoms with E-state index in [0.717, 1.165) is 4.47 Å². The molecule has 0 aliphatic rings. The van der Waals surface area contributed by atoms with Gasteiger partial charge in [0.15, 0.2) is 0 Å². The molecule has 5 nitrogen and oxygen atoms in total. The number of hydrazine groups is 1. The van der Waals surface area contributed by atoms with E-state index in [9.17, 15) is 4.79 Å². The van der Waals surface area contributed by atoms with Crippen molar-refractivity contribution in [1.82, 2.24) is 4.98 Å². The summed E-state index contributed by atoms with van der Waals surface area (Å²) in [4.78, 5) is 16.1. The van der Waals surface area contributed by atoms with Crippen LogP contribution in [0.15, 0.2) is 34.9 Å². The topological polar surface area (TPSA) is 80.0 Å². The quantitative estimate of drug-likeness (QED) is 0.564. The molecule has 1 aromatic heterocycles. The first-order valence-corrected chi connectivity index (χ1v) is 6.94. The highest BCUT2D eigenvalue weighted by Crippen LogP contribution is 2.34. The van der Waals surface area contributed by atoms with E-state index in [0.29, 0.717) is 27.1 Å². The van der Waals surface area contributed by atoms with E-state index >= 15 is 0 Å². The number of nitrogens with two attached hydrogens (primary N) is 1. The first kappa shape index (κ1) is 15.1. The number of pyridine rings is 1. The van der Waals surface area contributed by atoms with Crippen molar-refractivity contribution in [2.45, 2.75) is 0 Å². The van der Waals surface area contributed by atoms with Crippen molar-refractivity contribution in [3.8, 4) is 0 Å². The number of halogens is 3. The van der Waals surface area contributed by atoms with Gasteiger partial charge in [-0.2, -0.15) is 0 Å². The Balaban J connectivity index is 2.28. The van der Waals surface area contributed by atoms with Crippen LogP contribution in [-0.2, 0) is 0 Å². The lowest BCUT2D eigenvalue weighted by Gasteiger charge is -2.10. The minimum atomic E-state index is -0.366. The smallest absolute Gasteiger partial charge is 0.255 e. The van der Waals surface area contributed by atoms with Crippen molar-refractivity contribution in [1.29, 1.82) is 0 Å². The Bertz CT molecular complexity index is 643. The molecule has 0 fully saturated rings. The summed E-state index contributed by atoms with van der Waals surface area (Å²) in [7, 11) is 0. The van der Waals surface area contributed by atoms with Gasteiger partial charge >= 0.3 is 0 Å². The maximum Gasteiger partial charge on any atom is 0.255 e. The van der Waals surface area contributed by atoms with E-state index in [1.807, 2.05) is 0 Å². The van der Waals surface area contributed by atoms with Gasteiger partial charge in [0.25, 0.3) is 5.91 Å². The van der Waals surface area contributed by atoms with Gasteiger partial charge in [-0.15, -0.1) is 0 Å². The van der Waals surface area contributed by atoms with Crippen LogP contribution in [-0.4, -0.2) is 10.9 Å². The number of carbonyl (C=O) groups excluding carboxylic acids is 1. The molecule has 1 aromatic carbocycles. The highest BCUT2D eigenvalue weighted by Gasteiger charge is 2.13. The van der Waals surface area contributed by atoms with Crippen LogP contribution in [0.1, 0.15) is 10.4 Å². The lowest BCUT2D eigenvalue weighted by molar-refractivity contribution is 0.102. The van der Waals surface area contributed by atoms with Gasteiger partial charge in [-0.3, -0.25) is 4.79 Å². The van der Waals surface area contributed by atoms with E-state index in [1.165, 1.54) is 12.3 Å². The summed E-state index contributed by atoms with van der Waals surface area (Å²) >= 11 is 15.4. The zero-order valence-corrected chi connectivity index (χ0v) is 13.1. The molecule has 0 unspecified atom stereocenters. The second-order valence-corrected chi connectivity index (χ2v) is 5.50. The normalized spacial score (nSPS) is 10.2. The number of anilines is 2. The predicted octanol–water partition coefficient (Wildman–Crippen LogP) is 3.69. The minimum Gasteiger partial charge on any atom is -0.319 e. The highest BCUT2D eigenvalue weighted by atomic mass is 79.9. The molecule has 0 atom stereocenters. The Labute approximate surface area is 133 Å². The number of hydrogen-bond donors (Lipinski definition) is 3. The Kier molecular flexibility index (Phi) is 4.82. The molecule has 20 heavy (non-hydrogen) atoms. The summed E-state index contributed by atoms with van der Waals surface area (Å²) in [5.41, 5.74) is 3.09. The molecule has 0 bridgehead atoms. The Morgan fingerprint density at radius 2 is 1.90 bits per heavy atom. The Hall–Kier alpha value is -1.34. The second-order valence-electron chi connectivity index (χ2n) is 3.77. The number of nitrogens with one attached hydrogen (secondary N) is 2. The lowest BCUT2D eigenvalue weighted by Crippen LogP contribution is -2.14. The third kappa shape index (κ3) is 3.40. The molecule has 104 valence electrons. The van der Waals surface area contributed by atoms with Crippen molar-refractivity contribution in [2.24, 2.45) is 5.84 Å². The number of hydrogen-bond acceptors (Lipinski definition) is 4. The fourth-order valence-corrected chi connectivity index (χ4v) is 2.80. The minimum absolute atomic E-state index is 0.337. The summed E-state index contributed by atoms with van der Waals surface area (Å²) in [6, 6.07) is 6.35. The van der Waals surface area contributed by atoms with Gasteiger partial charge < -0.3 is 10.7 Å². The summed E-state index contributed by atoms with van der Waals surface area (Å²) in [5.74, 6) is 5.26. The maximum atomic E-state index is 12.1. The van der Waals surface area contributed by atoms with Crippen LogP contribution in [0.3, 0.4) is 0 Å². The molecule has 0 radical (unpaired) electrons. The molecule has 0 aliphatic heterocycles. The molecule has 0 spiro atoms. The van der Waals surface area contributed by atoms with Crippen LogP contribution in [0.5, 0.6) is 0 Å². The summed E-state index contributed by atoms with van der Waals surface area (Å²) in [6.45, 7) is 0. The Morgan fingerprint density at radius 1 is 1.25 bits per heavy atom. The van der Waals surface area contributed by atoms with Crippen LogP contribution in [0.2, 0.25) is 10.0 Å². The SMILES string of the molecule is NNc1cc(C(=O)Nc2c(Cl)cc(Br)cc2Cl)ccn1. The number of nitrogen functional groups attached to an aromatic ring is 1. The molecular formula is C12H9BrCl2N4O. The van der Waals surface area contributed by atoms with Gasteiger partial charge in [0.1, 0.15) is 5.82 Å². The van der Waals surface area contributed by atoms with Crippen molar-refractivity contribution in [3.05, 3.63) is 50.5 Å². The van der Waals surface area contributed by atoms with Crippen LogP contribution in [0.4, 0.5) is 11.5 Å². The van der Waals surface area contributed by atoms with Crippen molar-refractivity contribution in [3.63, 3.8) is 0 Å². The molecule has 0 aliphatic carbocycles. The third-order valence-electron chi connectivity index (χ3n) is 2.42. The molecule has 4 N–H and O–H groups in total. The molecule has 8 heteroatoms. The van der Waals surface area contributed by atoms with Gasteiger partial charge in [0, 0.05) is 16.2 Å². The van der Waals surface area contributed by atoms with E-state index in [-0.39, 0.29) is 5.91 Å². The van der Waals surface area contributed by atoms with Crippen LogP contribution < -0.4 is 16.6 Å². The van der Waals surface area contributed by atoms with Gasteiger partial charge in [0.05, 0.1) is 15.7 Å². The first-order valence-electron chi connectivity index (χ1n) is 5.40. The van der Waals surface area contributed by atoms with Crippen molar-refractivity contribution >= 4 is 56.5 Å². The number of benzene rings is 1. The van der Waals surface area contributed by atoms with E-state index < -0.39 is 0 Å². The predicted molar refractivity (Wildman–Crippen MR) is 84.2 cm³/mol. The maximum absolute atomic E-state index is 12.1. The van der Waals surface area contributed by atoms with Gasteiger partial charge in [-0.25, -0.2) is 10.8 Å². The van der Waals surface area contributed by atoms with Crippen molar-refractivity contribution in [2.75, 3.05) is 10.7 Å². The largest absolute Gasteiger partial charge is 0.319 e. The molecule has 0 saturated heterocycles. The molecule has 1 heterocycles. The zero-order chi connectivity index (χ0) is 14.7. The molecule has 2 rings (SSSR count). The summed E-state index contributed by atoms with van der Waals surface area (Å²) in [5, 5.41) is 3.33. The fraction of sp³-hybridized carbons (Fsp3) is 0. The molecule has 2 aromatic rings. The van der Waals surface area contributed by atoms with Gasteiger partial charge in [-0.05, 0) is 24.3 Å². The number of aromatic nitrogens is 1. The third-order valence-corrected chi connectivity index (χ3v) is 3.47. The summed E-state index contributed by atoms with van der Waals surface area (Å²) < 4.78 is 0.726. The zero-order valence-electron chi connectivity index (χ0n) is 9.95.